The lowest BCUT2D eigenvalue weighted by atomic mass is 9.88. The molecule has 0 spiro atoms. The van der Waals surface area contributed by atoms with Crippen molar-refractivity contribution in [2.75, 3.05) is 6.54 Å². The van der Waals surface area contributed by atoms with Gasteiger partial charge >= 0.3 is 0 Å². The summed E-state index contributed by atoms with van der Waals surface area (Å²) in [5, 5.41) is 18.4. The average molecular weight is 332 g/mol. The fraction of sp³-hybridized carbons (Fsp3) is 0.316. The Labute approximate surface area is 147 Å². The molecule has 1 aromatic rings. The molecule has 1 aliphatic rings. The summed E-state index contributed by atoms with van der Waals surface area (Å²) in [6, 6.07) is 3.84. The predicted molar refractivity (Wildman–Crippen MR) is 98.2 cm³/mol. The van der Waals surface area contributed by atoms with Crippen molar-refractivity contribution < 1.29 is 0 Å². The van der Waals surface area contributed by atoms with E-state index in [1.54, 1.807) is 0 Å². The van der Waals surface area contributed by atoms with Crippen LogP contribution in [0.25, 0.3) is 11.1 Å². The molecule has 1 aromatic heterocycles. The molecule has 0 bridgehead atoms. The monoisotopic (exact) mass is 332 g/mol. The zero-order valence-corrected chi connectivity index (χ0v) is 14.9. The highest BCUT2D eigenvalue weighted by Crippen LogP contribution is 2.34. The molecule has 0 saturated carbocycles. The van der Waals surface area contributed by atoms with Crippen LogP contribution in [0.1, 0.15) is 56.9 Å². The molecule has 0 amide bonds. The lowest BCUT2D eigenvalue weighted by molar-refractivity contribution is 0.984. The van der Waals surface area contributed by atoms with Crippen LogP contribution in [0.15, 0.2) is 28.4 Å². The van der Waals surface area contributed by atoms with Crippen LogP contribution in [0.4, 0.5) is 0 Å². The van der Waals surface area contributed by atoms with E-state index in [1.807, 2.05) is 39.8 Å². The Kier molecular flexibility index (Phi) is 5.26. The maximum Gasteiger partial charge on any atom is 0.177 e. The van der Waals surface area contributed by atoms with Crippen LogP contribution < -0.4 is 5.73 Å². The van der Waals surface area contributed by atoms with E-state index in [2.05, 4.69) is 16.5 Å². The lowest BCUT2D eigenvalue weighted by Crippen LogP contribution is -2.17. The zero-order valence-electron chi connectivity index (χ0n) is 14.9. The van der Waals surface area contributed by atoms with Crippen LogP contribution in [0, 0.1) is 22.7 Å². The summed E-state index contributed by atoms with van der Waals surface area (Å²) in [6.45, 7) is 12.4. The van der Waals surface area contributed by atoms with Crippen LogP contribution in [-0.4, -0.2) is 22.2 Å². The maximum absolute atomic E-state index is 9.21. The molecular formula is C19H20N6. The summed E-state index contributed by atoms with van der Waals surface area (Å²) < 4.78 is 0. The standard InChI is InChI=1S/C19H20N6/c1-6-14(10(2)7-20)23-17-11(3)12(4)18-19(13(17)5)25-16(9-22)15(8-21)24-18/h5-7,20H2,1-4H3/b14-10+,23-17-. The highest BCUT2D eigenvalue weighted by Gasteiger charge is 2.27. The van der Waals surface area contributed by atoms with Gasteiger partial charge in [-0.3, -0.25) is 4.99 Å². The number of allylic oxidation sites excluding steroid dienone is 4. The van der Waals surface area contributed by atoms with Gasteiger partial charge in [0.25, 0.3) is 0 Å². The normalized spacial score (nSPS) is 16.3. The third-order valence-corrected chi connectivity index (χ3v) is 4.33. The first kappa shape index (κ1) is 18.3. The summed E-state index contributed by atoms with van der Waals surface area (Å²) in [4.78, 5) is 13.4. The van der Waals surface area contributed by atoms with E-state index >= 15 is 0 Å². The zero-order chi connectivity index (χ0) is 18.7. The third-order valence-electron chi connectivity index (χ3n) is 4.33. The number of aromatic nitrogens is 2. The van der Waals surface area contributed by atoms with Gasteiger partial charge in [-0.1, -0.05) is 13.5 Å². The Balaban J connectivity index is 2.76. The minimum Gasteiger partial charge on any atom is -0.327 e. The number of fused-ring (bicyclic) bond motifs is 1. The minimum atomic E-state index is -0.00139. The van der Waals surface area contributed by atoms with Gasteiger partial charge in [-0.2, -0.15) is 10.5 Å². The van der Waals surface area contributed by atoms with Crippen LogP contribution >= 0.6 is 0 Å². The van der Waals surface area contributed by atoms with Gasteiger partial charge in [-0.05, 0) is 43.9 Å². The molecule has 2 N–H and O–H groups in total. The van der Waals surface area contributed by atoms with Gasteiger partial charge < -0.3 is 5.73 Å². The lowest BCUT2D eigenvalue weighted by Gasteiger charge is -2.22. The smallest absolute Gasteiger partial charge is 0.177 e. The van der Waals surface area contributed by atoms with E-state index in [9.17, 15) is 10.5 Å². The van der Waals surface area contributed by atoms with E-state index in [0.717, 1.165) is 34.5 Å². The van der Waals surface area contributed by atoms with E-state index < -0.39 is 0 Å². The van der Waals surface area contributed by atoms with Gasteiger partial charge in [0.2, 0.25) is 0 Å². The highest BCUT2D eigenvalue weighted by atomic mass is 14.9. The number of hydrogen-bond acceptors (Lipinski definition) is 6. The van der Waals surface area contributed by atoms with Crippen molar-refractivity contribution >= 4 is 16.9 Å². The van der Waals surface area contributed by atoms with Gasteiger partial charge in [-0.25, -0.2) is 9.97 Å². The topological polar surface area (TPSA) is 112 Å². The van der Waals surface area contributed by atoms with Gasteiger partial charge in [0.1, 0.15) is 12.1 Å². The van der Waals surface area contributed by atoms with Crippen LogP contribution in [-0.2, 0) is 0 Å². The quantitative estimate of drug-likeness (QED) is 0.914. The van der Waals surface area contributed by atoms with E-state index in [-0.39, 0.29) is 11.4 Å². The molecule has 0 atom stereocenters. The maximum atomic E-state index is 9.21. The van der Waals surface area contributed by atoms with Gasteiger partial charge in [0.05, 0.1) is 17.1 Å². The molecule has 0 aliphatic heterocycles. The molecule has 2 rings (SSSR count). The molecule has 0 fully saturated rings. The number of rotatable bonds is 3. The molecule has 0 unspecified atom stereocenters. The van der Waals surface area contributed by atoms with Gasteiger partial charge in [-0.15, -0.1) is 0 Å². The van der Waals surface area contributed by atoms with Crippen molar-refractivity contribution in [2.45, 2.75) is 34.1 Å². The molecular weight excluding hydrogens is 312 g/mol. The van der Waals surface area contributed by atoms with Crippen LogP contribution in [0.2, 0.25) is 0 Å². The first-order valence-electron chi connectivity index (χ1n) is 7.96. The molecule has 25 heavy (non-hydrogen) atoms. The number of nitrogens with two attached hydrogens (primary N) is 1. The van der Waals surface area contributed by atoms with Crippen molar-refractivity contribution in [1.82, 2.24) is 9.97 Å². The summed E-state index contributed by atoms with van der Waals surface area (Å²) in [5.74, 6) is 0. The molecule has 0 aromatic carbocycles. The Hall–Kier alpha value is -3.09. The van der Waals surface area contributed by atoms with E-state index in [4.69, 9.17) is 10.7 Å². The van der Waals surface area contributed by atoms with E-state index in [1.165, 1.54) is 0 Å². The number of aliphatic imine (C=N–C) groups is 1. The number of nitrogens with zero attached hydrogens (tertiary/aromatic N) is 5. The van der Waals surface area contributed by atoms with Crippen molar-refractivity contribution in [2.24, 2.45) is 10.7 Å². The average Bonchev–Trinajstić information content (AvgIpc) is 2.64. The summed E-state index contributed by atoms with van der Waals surface area (Å²) >= 11 is 0. The van der Waals surface area contributed by atoms with Crippen molar-refractivity contribution in [3.05, 3.63) is 46.2 Å². The summed E-state index contributed by atoms with van der Waals surface area (Å²) in [5.41, 5.74) is 11.9. The third kappa shape index (κ3) is 3.13. The highest BCUT2D eigenvalue weighted by molar-refractivity contribution is 6.35. The molecule has 126 valence electrons. The van der Waals surface area contributed by atoms with Gasteiger partial charge in [0, 0.05) is 17.8 Å². The molecule has 6 nitrogen and oxygen atoms in total. The second-order valence-corrected chi connectivity index (χ2v) is 5.82. The predicted octanol–water partition coefficient (Wildman–Crippen LogP) is 3.12. The Morgan fingerprint density at radius 2 is 1.68 bits per heavy atom. The van der Waals surface area contributed by atoms with Crippen LogP contribution in [0.3, 0.4) is 0 Å². The molecule has 0 saturated heterocycles. The summed E-state index contributed by atoms with van der Waals surface area (Å²) in [6.07, 6.45) is 0.751. The van der Waals surface area contributed by atoms with E-state index in [0.29, 0.717) is 23.5 Å². The fourth-order valence-corrected chi connectivity index (χ4v) is 2.64. The SMILES string of the molecule is C=C1/C(=N\C(CC)=C(/C)CN)C(C)=C(C)c2nc(C#N)c(C#N)nc21. The second-order valence-electron chi connectivity index (χ2n) is 5.82. The molecule has 0 radical (unpaired) electrons. The van der Waals surface area contributed by atoms with Crippen molar-refractivity contribution in [3.8, 4) is 12.1 Å². The molecule has 1 heterocycles. The Morgan fingerprint density at radius 3 is 2.16 bits per heavy atom. The fourth-order valence-electron chi connectivity index (χ4n) is 2.64. The minimum absolute atomic E-state index is 0.00139. The van der Waals surface area contributed by atoms with Gasteiger partial charge in [0.15, 0.2) is 11.4 Å². The first-order chi connectivity index (χ1) is 11.9. The first-order valence-corrected chi connectivity index (χ1v) is 7.96. The Bertz CT molecular complexity index is 932. The molecule has 1 aliphatic carbocycles. The number of nitriles is 2. The second kappa shape index (κ2) is 7.21. The van der Waals surface area contributed by atoms with Crippen LogP contribution in [0.5, 0.6) is 0 Å². The largest absolute Gasteiger partial charge is 0.327 e. The molecule has 6 heteroatoms. The Morgan fingerprint density at radius 1 is 1.12 bits per heavy atom. The van der Waals surface area contributed by atoms with Crippen molar-refractivity contribution in [3.63, 3.8) is 0 Å². The summed E-state index contributed by atoms with van der Waals surface area (Å²) in [7, 11) is 0. The van der Waals surface area contributed by atoms with Crippen molar-refractivity contribution in [1.29, 1.82) is 10.5 Å². The number of hydrogen-bond donors (Lipinski definition) is 1.